The Hall–Kier alpha value is -4.29. The van der Waals surface area contributed by atoms with Gasteiger partial charge < -0.3 is 9.30 Å². The molecule has 5 nitrogen and oxygen atoms in total. The van der Waals surface area contributed by atoms with Gasteiger partial charge in [-0.3, -0.25) is 14.5 Å². The summed E-state index contributed by atoms with van der Waals surface area (Å²) in [6, 6.07) is 30.5. The largest absolute Gasteiger partial charge is 0.491 e. The zero-order valence-corrected chi connectivity index (χ0v) is 22.0. The molecule has 1 aliphatic rings. The van der Waals surface area contributed by atoms with E-state index in [4.69, 9.17) is 4.74 Å². The molecule has 0 radical (unpaired) electrons. The van der Waals surface area contributed by atoms with Crippen LogP contribution in [0.1, 0.15) is 17.0 Å². The fourth-order valence-electron chi connectivity index (χ4n) is 5.11. The van der Waals surface area contributed by atoms with Gasteiger partial charge in [0, 0.05) is 22.2 Å². The fourth-order valence-corrected chi connectivity index (χ4v) is 5.97. The Morgan fingerprint density at radius 3 is 2.26 bits per heavy atom. The first kappa shape index (κ1) is 24.1. The quantitative estimate of drug-likeness (QED) is 0.218. The second kappa shape index (κ2) is 9.88. The summed E-state index contributed by atoms with van der Waals surface area (Å²) in [6.07, 6.45) is 1.83. The van der Waals surface area contributed by atoms with Gasteiger partial charge in [-0.15, -0.1) is 0 Å². The molecule has 0 aliphatic carbocycles. The standard InChI is InChI=1S/C32H26N2O3S/c1-21-19-25(22(2)34(21)28-15-7-11-23-9-3-5-13-26(23)28)20-30-31(35)33(32(36)38-30)17-18-37-29-16-8-12-24-10-4-6-14-27(24)29/h3-16,19-20H,17-18H2,1-2H3/b30-20-. The SMILES string of the molecule is Cc1cc(/C=C2\SC(=O)N(CCOc3cccc4ccccc34)C2=O)c(C)n1-c1cccc2ccccc12. The highest BCUT2D eigenvalue weighted by atomic mass is 32.2. The summed E-state index contributed by atoms with van der Waals surface area (Å²) in [7, 11) is 0. The van der Waals surface area contributed by atoms with E-state index in [1.54, 1.807) is 0 Å². The number of rotatable bonds is 6. The van der Waals surface area contributed by atoms with Crippen LogP contribution >= 0.6 is 11.8 Å². The molecule has 1 aliphatic heterocycles. The summed E-state index contributed by atoms with van der Waals surface area (Å²) < 4.78 is 8.18. The number of ether oxygens (including phenoxy) is 1. The third-order valence-electron chi connectivity index (χ3n) is 6.96. The third kappa shape index (κ3) is 4.27. The lowest BCUT2D eigenvalue weighted by Crippen LogP contribution is -2.32. The number of aromatic nitrogens is 1. The Morgan fingerprint density at radius 1 is 0.816 bits per heavy atom. The van der Waals surface area contributed by atoms with Crippen LogP contribution in [0.25, 0.3) is 33.3 Å². The normalized spacial score (nSPS) is 14.8. The van der Waals surface area contributed by atoms with Gasteiger partial charge in [-0.2, -0.15) is 0 Å². The number of amides is 2. The van der Waals surface area contributed by atoms with Crippen LogP contribution in [-0.4, -0.2) is 33.8 Å². The first-order chi connectivity index (χ1) is 18.5. The van der Waals surface area contributed by atoms with E-state index in [0.717, 1.165) is 56.3 Å². The van der Waals surface area contributed by atoms with Crippen LogP contribution in [0, 0.1) is 13.8 Å². The van der Waals surface area contributed by atoms with E-state index in [-0.39, 0.29) is 24.3 Å². The van der Waals surface area contributed by atoms with Crippen LogP contribution < -0.4 is 4.74 Å². The summed E-state index contributed by atoms with van der Waals surface area (Å²) in [6.45, 7) is 4.53. The molecule has 6 rings (SSSR count). The topological polar surface area (TPSA) is 51.5 Å². The van der Waals surface area contributed by atoms with Crippen molar-refractivity contribution in [2.24, 2.45) is 0 Å². The van der Waals surface area contributed by atoms with Crippen LogP contribution in [0.5, 0.6) is 5.75 Å². The molecule has 2 amide bonds. The lowest BCUT2D eigenvalue weighted by atomic mass is 10.1. The number of fused-ring (bicyclic) bond motifs is 2. The van der Waals surface area contributed by atoms with Gasteiger partial charge in [0.2, 0.25) is 0 Å². The molecular formula is C32H26N2O3S. The van der Waals surface area contributed by atoms with E-state index < -0.39 is 0 Å². The van der Waals surface area contributed by atoms with Crippen molar-refractivity contribution >= 4 is 50.5 Å². The molecule has 0 bridgehead atoms. The van der Waals surface area contributed by atoms with E-state index in [2.05, 4.69) is 47.9 Å². The van der Waals surface area contributed by atoms with Crippen molar-refractivity contribution in [3.63, 3.8) is 0 Å². The Bertz CT molecular complexity index is 1740. The molecule has 0 spiro atoms. The minimum absolute atomic E-state index is 0.195. The highest BCUT2D eigenvalue weighted by molar-refractivity contribution is 8.18. The predicted molar refractivity (Wildman–Crippen MR) is 155 cm³/mol. The average Bonchev–Trinajstić information content (AvgIpc) is 3.36. The Labute approximate surface area is 225 Å². The number of imide groups is 1. The van der Waals surface area contributed by atoms with Gasteiger partial charge in [0.1, 0.15) is 12.4 Å². The second-order valence-corrected chi connectivity index (χ2v) is 10.3. The van der Waals surface area contributed by atoms with Gasteiger partial charge >= 0.3 is 0 Å². The molecule has 0 N–H and O–H groups in total. The Kier molecular flexibility index (Phi) is 6.26. The van der Waals surface area contributed by atoms with Crippen molar-refractivity contribution in [3.8, 4) is 11.4 Å². The summed E-state index contributed by atoms with van der Waals surface area (Å²) in [4.78, 5) is 27.6. The number of nitrogens with zero attached hydrogens (tertiary/aromatic N) is 2. The number of thioether (sulfide) groups is 1. The van der Waals surface area contributed by atoms with Crippen molar-refractivity contribution < 1.29 is 14.3 Å². The van der Waals surface area contributed by atoms with Crippen molar-refractivity contribution in [1.82, 2.24) is 9.47 Å². The summed E-state index contributed by atoms with van der Waals surface area (Å²) in [5.41, 5.74) is 4.10. The first-order valence-corrected chi connectivity index (χ1v) is 13.4. The molecule has 0 saturated carbocycles. The molecule has 188 valence electrons. The van der Waals surface area contributed by atoms with Crippen molar-refractivity contribution in [1.29, 1.82) is 0 Å². The van der Waals surface area contributed by atoms with Crippen molar-refractivity contribution in [2.45, 2.75) is 13.8 Å². The monoisotopic (exact) mass is 518 g/mol. The van der Waals surface area contributed by atoms with Crippen LogP contribution in [0.2, 0.25) is 0 Å². The minimum Gasteiger partial charge on any atom is -0.491 e. The first-order valence-electron chi connectivity index (χ1n) is 12.5. The average molecular weight is 519 g/mol. The van der Waals surface area contributed by atoms with Gasteiger partial charge in [0.25, 0.3) is 11.1 Å². The number of hydrogen-bond acceptors (Lipinski definition) is 4. The van der Waals surface area contributed by atoms with Gasteiger partial charge in [-0.1, -0.05) is 72.8 Å². The summed E-state index contributed by atoms with van der Waals surface area (Å²) in [5, 5.41) is 4.15. The minimum atomic E-state index is -0.281. The van der Waals surface area contributed by atoms with E-state index in [1.807, 2.05) is 67.6 Å². The molecule has 0 unspecified atom stereocenters. The zero-order valence-electron chi connectivity index (χ0n) is 21.2. The van der Waals surface area contributed by atoms with Crippen molar-refractivity contribution in [3.05, 3.63) is 113 Å². The molecule has 1 aromatic heterocycles. The summed E-state index contributed by atoms with van der Waals surface area (Å²) in [5.74, 6) is 0.461. The molecule has 2 heterocycles. The zero-order chi connectivity index (χ0) is 26.2. The molecule has 1 saturated heterocycles. The number of aryl methyl sites for hydroxylation is 1. The van der Waals surface area contributed by atoms with E-state index in [1.165, 1.54) is 10.3 Å². The molecular weight excluding hydrogens is 492 g/mol. The number of benzene rings is 4. The smallest absolute Gasteiger partial charge is 0.293 e. The van der Waals surface area contributed by atoms with E-state index in [9.17, 15) is 9.59 Å². The fraction of sp³-hybridized carbons (Fsp3) is 0.125. The van der Waals surface area contributed by atoms with Crippen LogP contribution in [0.15, 0.2) is 95.9 Å². The van der Waals surface area contributed by atoms with Crippen LogP contribution in [0.3, 0.4) is 0 Å². The maximum Gasteiger partial charge on any atom is 0.293 e. The van der Waals surface area contributed by atoms with Crippen molar-refractivity contribution in [2.75, 3.05) is 13.2 Å². The molecule has 4 aromatic carbocycles. The van der Waals surface area contributed by atoms with Gasteiger partial charge in [0.15, 0.2) is 0 Å². The lowest BCUT2D eigenvalue weighted by Gasteiger charge is -2.14. The molecule has 38 heavy (non-hydrogen) atoms. The molecule has 5 aromatic rings. The lowest BCUT2D eigenvalue weighted by molar-refractivity contribution is -0.123. The number of carbonyl (C=O) groups excluding carboxylic acids is 2. The van der Waals surface area contributed by atoms with E-state index >= 15 is 0 Å². The van der Waals surface area contributed by atoms with Crippen LogP contribution in [-0.2, 0) is 4.79 Å². The predicted octanol–water partition coefficient (Wildman–Crippen LogP) is 7.52. The van der Waals surface area contributed by atoms with Crippen LogP contribution in [0.4, 0.5) is 4.79 Å². The number of hydrogen-bond donors (Lipinski definition) is 0. The van der Waals surface area contributed by atoms with Gasteiger partial charge in [0.05, 0.1) is 17.1 Å². The maximum absolute atomic E-state index is 13.2. The number of carbonyl (C=O) groups is 2. The molecule has 6 heteroatoms. The third-order valence-corrected chi connectivity index (χ3v) is 7.87. The Balaban J connectivity index is 1.22. The second-order valence-electron chi connectivity index (χ2n) is 9.32. The Morgan fingerprint density at radius 2 is 1.47 bits per heavy atom. The molecule has 0 atom stereocenters. The summed E-state index contributed by atoms with van der Waals surface area (Å²) >= 11 is 0.981. The highest BCUT2D eigenvalue weighted by Gasteiger charge is 2.35. The maximum atomic E-state index is 13.2. The van der Waals surface area contributed by atoms with Gasteiger partial charge in [-0.25, -0.2) is 0 Å². The van der Waals surface area contributed by atoms with Gasteiger partial charge in [-0.05, 0) is 66.2 Å². The van der Waals surface area contributed by atoms with E-state index in [0.29, 0.717) is 4.91 Å². The molecule has 1 fully saturated rings. The highest BCUT2D eigenvalue weighted by Crippen LogP contribution is 2.35.